The average molecular weight is 301 g/mol. The minimum atomic E-state index is -0.113. The van der Waals surface area contributed by atoms with E-state index in [9.17, 15) is 4.79 Å². The largest absolute Gasteiger partial charge is 0.467 e. The smallest absolute Gasteiger partial charge is 0.239 e. The van der Waals surface area contributed by atoms with Crippen LogP contribution in [0.5, 0.6) is 0 Å². The van der Waals surface area contributed by atoms with E-state index in [1.54, 1.807) is 12.3 Å². The summed E-state index contributed by atoms with van der Waals surface area (Å²) in [7, 11) is 0. The van der Waals surface area contributed by atoms with Crippen LogP contribution in [0.25, 0.3) is 0 Å². The summed E-state index contributed by atoms with van der Waals surface area (Å²) in [5, 5.41) is 5.79. The Morgan fingerprint density at radius 2 is 2.18 bits per heavy atom. The molecule has 1 amide bonds. The van der Waals surface area contributed by atoms with Gasteiger partial charge < -0.3 is 20.0 Å². The summed E-state index contributed by atoms with van der Waals surface area (Å²) in [6, 6.07) is 5.49. The topological polar surface area (TPSA) is 83.3 Å². The highest BCUT2D eigenvalue weighted by Gasteiger charge is 2.14. The molecule has 1 saturated heterocycles. The highest BCUT2D eigenvalue weighted by atomic mass is 16.3. The van der Waals surface area contributed by atoms with E-state index in [0.717, 1.165) is 24.7 Å². The summed E-state index contributed by atoms with van der Waals surface area (Å²) in [6.07, 6.45) is 5.50. The zero-order valence-electron chi connectivity index (χ0n) is 12.3. The van der Waals surface area contributed by atoms with Gasteiger partial charge in [-0.15, -0.1) is 0 Å². The van der Waals surface area contributed by atoms with Gasteiger partial charge in [0.1, 0.15) is 23.7 Å². The lowest BCUT2D eigenvalue weighted by atomic mass is 10.4. The molecule has 0 bridgehead atoms. The van der Waals surface area contributed by atoms with E-state index in [-0.39, 0.29) is 12.5 Å². The lowest BCUT2D eigenvalue weighted by molar-refractivity contribution is -0.119. The molecule has 2 aromatic heterocycles. The Morgan fingerprint density at radius 3 is 2.95 bits per heavy atom. The van der Waals surface area contributed by atoms with Gasteiger partial charge in [-0.3, -0.25) is 4.79 Å². The molecule has 2 N–H and O–H groups in total. The molecule has 0 radical (unpaired) electrons. The van der Waals surface area contributed by atoms with Gasteiger partial charge in [0.15, 0.2) is 0 Å². The van der Waals surface area contributed by atoms with Crippen molar-refractivity contribution < 1.29 is 9.21 Å². The maximum atomic E-state index is 11.8. The van der Waals surface area contributed by atoms with E-state index in [1.165, 1.54) is 19.2 Å². The summed E-state index contributed by atoms with van der Waals surface area (Å²) in [5.41, 5.74) is 0. The minimum absolute atomic E-state index is 0.113. The zero-order valence-corrected chi connectivity index (χ0v) is 12.3. The number of anilines is 2. The molecule has 0 atom stereocenters. The molecule has 0 aliphatic carbocycles. The molecule has 1 aliphatic rings. The Labute approximate surface area is 128 Å². The van der Waals surface area contributed by atoms with Crippen molar-refractivity contribution in [2.45, 2.75) is 19.4 Å². The first kappa shape index (κ1) is 14.4. The average Bonchev–Trinajstić information content (AvgIpc) is 3.24. The van der Waals surface area contributed by atoms with Crippen LogP contribution < -0.4 is 15.5 Å². The molecule has 1 aliphatic heterocycles. The van der Waals surface area contributed by atoms with Gasteiger partial charge in [-0.2, -0.15) is 0 Å². The number of nitrogens with one attached hydrogen (secondary N) is 2. The van der Waals surface area contributed by atoms with E-state index >= 15 is 0 Å². The third kappa shape index (κ3) is 3.75. The Balaban J connectivity index is 1.48. The van der Waals surface area contributed by atoms with E-state index in [4.69, 9.17) is 4.42 Å². The van der Waals surface area contributed by atoms with Crippen LogP contribution in [0.4, 0.5) is 11.6 Å². The van der Waals surface area contributed by atoms with Crippen molar-refractivity contribution in [1.29, 1.82) is 0 Å². The first-order valence-corrected chi connectivity index (χ1v) is 7.41. The van der Waals surface area contributed by atoms with E-state index in [0.29, 0.717) is 12.4 Å². The number of rotatable bonds is 6. The molecule has 0 spiro atoms. The van der Waals surface area contributed by atoms with Crippen molar-refractivity contribution in [3.8, 4) is 0 Å². The molecule has 7 heteroatoms. The molecule has 3 heterocycles. The summed E-state index contributed by atoms with van der Waals surface area (Å²) in [5.74, 6) is 2.18. The maximum Gasteiger partial charge on any atom is 0.239 e. The van der Waals surface area contributed by atoms with Gasteiger partial charge in [-0.05, 0) is 25.0 Å². The Kier molecular flexibility index (Phi) is 4.53. The highest BCUT2D eigenvalue weighted by molar-refractivity contribution is 5.80. The third-order valence-corrected chi connectivity index (χ3v) is 3.55. The van der Waals surface area contributed by atoms with Crippen LogP contribution in [0.15, 0.2) is 35.2 Å². The van der Waals surface area contributed by atoms with Crippen molar-refractivity contribution in [2.75, 3.05) is 29.9 Å². The number of hydrogen-bond donors (Lipinski definition) is 2. The summed E-state index contributed by atoms with van der Waals surface area (Å²) in [4.78, 5) is 22.4. The molecule has 116 valence electrons. The lowest BCUT2D eigenvalue weighted by Gasteiger charge is -2.16. The number of nitrogens with zero attached hydrogens (tertiary/aromatic N) is 3. The molecule has 2 aromatic rings. The van der Waals surface area contributed by atoms with Gasteiger partial charge in [0.2, 0.25) is 5.91 Å². The second-order valence-electron chi connectivity index (χ2n) is 5.17. The number of amides is 1. The standard InChI is InChI=1S/C15H19N5O2/c21-15(17-9-12-4-3-7-22-12)10-16-13-8-14(19-11-18-13)20-5-1-2-6-20/h3-4,7-8,11H,1-2,5-6,9-10H2,(H,17,21)(H,16,18,19). The van der Waals surface area contributed by atoms with Crippen molar-refractivity contribution >= 4 is 17.5 Å². The van der Waals surface area contributed by atoms with E-state index in [2.05, 4.69) is 25.5 Å². The van der Waals surface area contributed by atoms with Gasteiger partial charge in [0, 0.05) is 19.2 Å². The van der Waals surface area contributed by atoms with E-state index < -0.39 is 0 Å². The summed E-state index contributed by atoms with van der Waals surface area (Å²) >= 11 is 0. The Hall–Kier alpha value is -2.57. The van der Waals surface area contributed by atoms with Crippen LogP contribution in [-0.2, 0) is 11.3 Å². The second kappa shape index (κ2) is 6.93. The Morgan fingerprint density at radius 1 is 1.32 bits per heavy atom. The third-order valence-electron chi connectivity index (χ3n) is 3.55. The fraction of sp³-hybridized carbons (Fsp3) is 0.400. The summed E-state index contributed by atoms with van der Waals surface area (Å²) in [6.45, 7) is 2.60. The molecule has 22 heavy (non-hydrogen) atoms. The van der Waals surface area contributed by atoms with Crippen LogP contribution in [0.1, 0.15) is 18.6 Å². The van der Waals surface area contributed by atoms with Crippen LogP contribution in [0, 0.1) is 0 Å². The maximum absolute atomic E-state index is 11.8. The SMILES string of the molecule is O=C(CNc1cc(N2CCCC2)ncn1)NCc1ccco1. The number of aromatic nitrogens is 2. The molecule has 1 fully saturated rings. The van der Waals surface area contributed by atoms with Crippen molar-refractivity contribution in [2.24, 2.45) is 0 Å². The molecule has 3 rings (SSSR count). The number of furan rings is 1. The van der Waals surface area contributed by atoms with Crippen molar-refractivity contribution in [3.63, 3.8) is 0 Å². The molecular formula is C15H19N5O2. The Bertz CT molecular complexity index is 608. The van der Waals surface area contributed by atoms with Gasteiger partial charge in [0.05, 0.1) is 19.4 Å². The first-order chi connectivity index (χ1) is 10.8. The fourth-order valence-corrected chi connectivity index (χ4v) is 2.40. The van der Waals surface area contributed by atoms with Gasteiger partial charge in [-0.1, -0.05) is 0 Å². The molecule has 7 nitrogen and oxygen atoms in total. The fourth-order valence-electron chi connectivity index (χ4n) is 2.40. The van der Waals surface area contributed by atoms with Gasteiger partial charge in [0.25, 0.3) is 0 Å². The number of hydrogen-bond acceptors (Lipinski definition) is 6. The van der Waals surface area contributed by atoms with Gasteiger partial charge in [-0.25, -0.2) is 9.97 Å². The summed E-state index contributed by atoms with van der Waals surface area (Å²) < 4.78 is 5.16. The number of carbonyl (C=O) groups is 1. The van der Waals surface area contributed by atoms with Crippen LogP contribution >= 0.6 is 0 Å². The first-order valence-electron chi connectivity index (χ1n) is 7.41. The quantitative estimate of drug-likeness (QED) is 0.839. The molecule has 0 unspecified atom stereocenters. The predicted molar refractivity (Wildman–Crippen MR) is 82.5 cm³/mol. The molecule has 0 saturated carbocycles. The monoisotopic (exact) mass is 301 g/mol. The minimum Gasteiger partial charge on any atom is -0.467 e. The van der Waals surface area contributed by atoms with Crippen molar-refractivity contribution in [1.82, 2.24) is 15.3 Å². The highest BCUT2D eigenvalue weighted by Crippen LogP contribution is 2.18. The van der Waals surface area contributed by atoms with E-state index in [1.807, 2.05) is 12.1 Å². The molecule has 0 aromatic carbocycles. The lowest BCUT2D eigenvalue weighted by Crippen LogP contribution is -2.29. The second-order valence-corrected chi connectivity index (χ2v) is 5.17. The van der Waals surface area contributed by atoms with Crippen molar-refractivity contribution in [3.05, 3.63) is 36.5 Å². The van der Waals surface area contributed by atoms with Crippen LogP contribution in [-0.4, -0.2) is 35.5 Å². The van der Waals surface area contributed by atoms with Crippen LogP contribution in [0.3, 0.4) is 0 Å². The predicted octanol–water partition coefficient (Wildman–Crippen LogP) is 1.40. The zero-order chi connectivity index (χ0) is 15.2. The van der Waals surface area contributed by atoms with Gasteiger partial charge >= 0.3 is 0 Å². The normalized spacial score (nSPS) is 14.1. The number of carbonyl (C=O) groups excluding carboxylic acids is 1. The van der Waals surface area contributed by atoms with Crippen LogP contribution in [0.2, 0.25) is 0 Å². The molecular weight excluding hydrogens is 282 g/mol.